The molecule has 2 fully saturated rings. The van der Waals surface area contributed by atoms with Crippen molar-refractivity contribution in [3.63, 3.8) is 0 Å². The SMILES string of the molecule is O=C(c1ccc(F)cc1)N1CCCC(C(=O)N2CC[C@@H](O)C2)C1. The lowest BCUT2D eigenvalue weighted by molar-refractivity contribution is -0.136. The maximum atomic E-state index is 13.0. The van der Waals surface area contributed by atoms with Crippen LogP contribution in [-0.2, 0) is 4.79 Å². The molecule has 5 nitrogen and oxygen atoms in total. The third kappa shape index (κ3) is 3.52. The van der Waals surface area contributed by atoms with Crippen LogP contribution in [0.4, 0.5) is 4.39 Å². The summed E-state index contributed by atoms with van der Waals surface area (Å²) in [5.41, 5.74) is 0.441. The third-order valence-corrected chi connectivity index (χ3v) is 4.62. The van der Waals surface area contributed by atoms with Crippen LogP contribution in [0.25, 0.3) is 0 Å². The van der Waals surface area contributed by atoms with Crippen LogP contribution in [0, 0.1) is 11.7 Å². The van der Waals surface area contributed by atoms with E-state index in [9.17, 15) is 19.1 Å². The van der Waals surface area contributed by atoms with E-state index in [4.69, 9.17) is 0 Å². The Kier molecular flexibility index (Phi) is 4.61. The van der Waals surface area contributed by atoms with Crippen LogP contribution in [0.2, 0.25) is 0 Å². The molecule has 2 aliphatic heterocycles. The Bertz CT molecular complexity index is 590. The van der Waals surface area contributed by atoms with Gasteiger partial charge in [-0.2, -0.15) is 0 Å². The van der Waals surface area contributed by atoms with Crippen molar-refractivity contribution in [3.8, 4) is 0 Å². The van der Waals surface area contributed by atoms with Crippen molar-refractivity contribution < 1.29 is 19.1 Å². The summed E-state index contributed by atoms with van der Waals surface area (Å²) in [6.07, 6.45) is 1.73. The van der Waals surface area contributed by atoms with Crippen molar-refractivity contribution in [2.45, 2.75) is 25.4 Å². The number of halogens is 1. The molecule has 0 bridgehead atoms. The molecule has 2 atom stereocenters. The zero-order valence-electron chi connectivity index (χ0n) is 12.9. The van der Waals surface area contributed by atoms with Gasteiger partial charge in [-0.3, -0.25) is 9.59 Å². The van der Waals surface area contributed by atoms with Crippen molar-refractivity contribution in [2.75, 3.05) is 26.2 Å². The number of nitrogens with zero attached hydrogens (tertiary/aromatic N) is 2. The van der Waals surface area contributed by atoms with E-state index in [1.807, 2.05) is 0 Å². The van der Waals surface area contributed by atoms with Crippen molar-refractivity contribution in [1.29, 1.82) is 0 Å². The van der Waals surface area contributed by atoms with Crippen LogP contribution in [0.1, 0.15) is 29.6 Å². The first kappa shape index (κ1) is 15.9. The molecule has 0 aromatic heterocycles. The monoisotopic (exact) mass is 320 g/mol. The van der Waals surface area contributed by atoms with Crippen LogP contribution in [0.15, 0.2) is 24.3 Å². The van der Waals surface area contributed by atoms with Gasteiger partial charge in [-0.05, 0) is 43.5 Å². The van der Waals surface area contributed by atoms with Crippen molar-refractivity contribution in [3.05, 3.63) is 35.6 Å². The molecule has 1 aromatic rings. The minimum absolute atomic E-state index is 0.0261. The van der Waals surface area contributed by atoms with E-state index >= 15 is 0 Å². The van der Waals surface area contributed by atoms with Crippen LogP contribution < -0.4 is 0 Å². The highest BCUT2D eigenvalue weighted by atomic mass is 19.1. The molecule has 1 N–H and O–H groups in total. The minimum Gasteiger partial charge on any atom is -0.391 e. The van der Waals surface area contributed by atoms with Gasteiger partial charge in [0.1, 0.15) is 5.82 Å². The summed E-state index contributed by atoms with van der Waals surface area (Å²) < 4.78 is 13.0. The second-order valence-electron chi connectivity index (χ2n) is 6.32. The lowest BCUT2D eigenvalue weighted by Crippen LogP contribution is -2.46. The normalized spacial score (nSPS) is 24.8. The van der Waals surface area contributed by atoms with Crippen LogP contribution >= 0.6 is 0 Å². The Morgan fingerprint density at radius 2 is 1.78 bits per heavy atom. The summed E-state index contributed by atoms with van der Waals surface area (Å²) in [6.45, 7) is 1.98. The number of benzene rings is 1. The van der Waals surface area contributed by atoms with Crippen molar-refractivity contribution in [2.24, 2.45) is 5.92 Å². The molecule has 2 heterocycles. The van der Waals surface area contributed by atoms with Crippen LogP contribution in [-0.4, -0.2) is 59.0 Å². The highest BCUT2D eigenvalue weighted by molar-refractivity contribution is 5.94. The minimum atomic E-state index is -0.431. The topological polar surface area (TPSA) is 60.9 Å². The quantitative estimate of drug-likeness (QED) is 0.893. The van der Waals surface area contributed by atoms with Gasteiger partial charge in [0.25, 0.3) is 5.91 Å². The molecular formula is C17H21FN2O3. The Balaban J connectivity index is 1.64. The molecule has 2 amide bonds. The zero-order chi connectivity index (χ0) is 16.4. The van der Waals surface area contributed by atoms with Crippen LogP contribution in [0.5, 0.6) is 0 Å². The second-order valence-corrected chi connectivity index (χ2v) is 6.32. The van der Waals surface area contributed by atoms with E-state index in [0.29, 0.717) is 38.2 Å². The Morgan fingerprint density at radius 1 is 1.04 bits per heavy atom. The van der Waals surface area contributed by atoms with Gasteiger partial charge in [0.05, 0.1) is 12.0 Å². The predicted molar refractivity (Wildman–Crippen MR) is 82.2 cm³/mol. The largest absolute Gasteiger partial charge is 0.391 e. The van der Waals surface area contributed by atoms with E-state index in [0.717, 1.165) is 12.8 Å². The highest BCUT2D eigenvalue weighted by Crippen LogP contribution is 2.23. The fourth-order valence-corrected chi connectivity index (χ4v) is 3.34. The molecule has 0 radical (unpaired) electrons. The summed E-state index contributed by atoms with van der Waals surface area (Å²) in [6, 6.07) is 5.48. The fourth-order valence-electron chi connectivity index (χ4n) is 3.34. The Labute approximate surface area is 134 Å². The molecule has 2 aliphatic rings. The van der Waals surface area contributed by atoms with Gasteiger partial charge in [0.2, 0.25) is 5.91 Å². The first-order chi connectivity index (χ1) is 11.0. The van der Waals surface area contributed by atoms with Crippen molar-refractivity contribution in [1.82, 2.24) is 9.80 Å². The predicted octanol–water partition coefficient (Wildman–Crippen LogP) is 1.27. The number of aliphatic hydroxyl groups excluding tert-OH is 1. The lowest BCUT2D eigenvalue weighted by Gasteiger charge is -2.34. The number of piperidine rings is 1. The van der Waals surface area contributed by atoms with Crippen LogP contribution in [0.3, 0.4) is 0 Å². The smallest absolute Gasteiger partial charge is 0.253 e. The van der Waals surface area contributed by atoms with E-state index in [1.54, 1.807) is 9.80 Å². The summed E-state index contributed by atoms with van der Waals surface area (Å²) in [7, 11) is 0. The number of hydrogen-bond donors (Lipinski definition) is 1. The average Bonchev–Trinajstić information content (AvgIpc) is 3.01. The highest BCUT2D eigenvalue weighted by Gasteiger charge is 2.34. The number of hydrogen-bond acceptors (Lipinski definition) is 3. The summed E-state index contributed by atoms with van der Waals surface area (Å²) in [5, 5.41) is 9.57. The van der Waals surface area contributed by atoms with Gasteiger partial charge in [0.15, 0.2) is 0 Å². The van der Waals surface area contributed by atoms with Gasteiger partial charge in [0, 0.05) is 31.7 Å². The van der Waals surface area contributed by atoms with Gasteiger partial charge in [-0.15, -0.1) is 0 Å². The van der Waals surface area contributed by atoms with Crippen molar-refractivity contribution >= 4 is 11.8 Å². The number of likely N-dealkylation sites (tertiary alicyclic amines) is 2. The molecule has 0 saturated carbocycles. The number of carbonyl (C=O) groups excluding carboxylic acids is 2. The molecular weight excluding hydrogens is 299 g/mol. The number of aliphatic hydroxyl groups is 1. The zero-order valence-corrected chi connectivity index (χ0v) is 12.9. The molecule has 1 aromatic carbocycles. The standard InChI is InChI=1S/C17H21FN2O3/c18-14-5-3-12(4-6-14)16(22)19-8-1-2-13(10-19)17(23)20-9-7-15(21)11-20/h3-6,13,15,21H,1-2,7-11H2/t13?,15-/m1/s1. The average molecular weight is 320 g/mol. The maximum Gasteiger partial charge on any atom is 0.253 e. The van der Waals surface area contributed by atoms with E-state index < -0.39 is 6.10 Å². The van der Waals surface area contributed by atoms with Gasteiger partial charge >= 0.3 is 0 Å². The first-order valence-electron chi connectivity index (χ1n) is 8.06. The van der Waals surface area contributed by atoms with Gasteiger partial charge < -0.3 is 14.9 Å². The maximum absolute atomic E-state index is 13.0. The molecule has 23 heavy (non-hydrogen) atoms. The number of amides is 2. The molecule has 0 aliphatic carbocycles. The first-order valence-corrected chi connectivity index (χ1v) is 8.06. The lowest BCUT2D eigenvalue weighted by atomic mass is 9.96. The van der Waals surface area contributed by atoms with Gasteiger partial charge in [-0.1, -0.05) is 0 Å². The second kappa shape index (κ2) is 6.66. The van der Waals surface area contributed by atoms with E-state index in [2.05, 4.69) is 0 Å². The molecule has 3 rings (SSSR count). The third-order valence-electron chi connectivity index (χ3n) is 4.62. The number of carbonyl (C=O) groups is 2. The molecule has 124 valence electrons. The molecule has 6 heteroatoms. The summed E-state index contributed by atoms with van der Waals surface area (Å²) >= 11 is 0. The van der Waals surface area contributed by atoms with E-state index in [1.165, 1.54) is 24.3 Å². The summed E-state index contributed by atoms with van der Waals surface area (Å²) in [5.74, 6) is -0.721. The van der Waals surface area contributed by atoms with E-state index in [-0.39, 0.29) is 23.5 Å². The molecule has 2 saturated heterocycles. The Morgan fingerprint density at radius 3 is 2.43 bits per heavy atom. The molecule has 0 spiro atoms. The number of β-amino-alcohol motifs (C(OH)–C–C–N with tert-alkyl or cyclic N) is 1. The Hall–Kier alpha value is -1.95. The summed E-state index contributed by atoms with van der Waals surface area (Å²) in [4.78, 5) is 28.4. The number of rotatable bonds is 2. The molecule has 1 unspecified atom stereocenters. The van der Waals surface area contributed by atoms with Gasteiger partial charge in [-0.25, -0.2) is 4.39 Å². The fraction of sp³-hybridized carbons (Fsp3) is 0.529.